The Labute approximate surface area is 73.9 Å². The van der Waals surface area contributed by atoms with Crippen LogP contribution in [0.25, 0.3) is 0 Å². The lowest BCUT2D eigenvalue weighted by atomic mass is 9.93. The van der Waals surface area contributed by atoms with Crippen LogP contribution in [0.1, 0.15) is 19.8 Å². The predicted octanol–water partition coefficient (Wildman–Crippen LogP) is 0.115. The normalized spacial score (nSPS) is 41.2. The van der Waals surface area contributed by atoms with Gasteiger partial charge in [0.1, 0.15) is 0 Å². The van der Waals surface area contributed by atoms with Crippen LogP contribution in [0.3, 0.4) is 0 Å². The van der Waals surface area contributed by atoms with Gasteiger partial charge in [0.2, 0.25) is 0 Å². The zero-order valence-electron chi connectivity index (χ0n) is 7.68. The molecule has 0 amide bonds. The smallest absolute Gasteiger partial charge is 0.0621 e. The molecule has 0 saturated carbocycles. The van der Waals surface area contributed by atoms with Crippen molar-refractivity contribution >= 4 is 0 Å². The molecule has 2 saturated heterocycles. The molecule has 0 aliphatic carbocycles. The van der Waals surface area contributed by atoms with Crippen LogP contribution >= 0.6 is 0 Å². The second-order valence-electron chi connectivity index (χ2n) is 3.82. The molecule has 70 valence electrons. The van der Waals surface area contributed by atoms with Gasteiger partial charge in [-0.15, -0.1) is 0 Å². The highest BCUT2D eigenvalue weighted by Crippen LogP contribution is 2.18. The molecule has 3 heteroatoms. The van der Waals surface area contributed by atoms with E-state index in [1.54, 1.807) is 0 Å². The van der Waals surface area contributed by atoms with E-state index in [0.717, 1.165) is 25.8 Å². The Balaban J connectivity index is 1.87. The van der Waals surface area contributed by atoms with E-state index in [1.165, 1.54) is 12.8 Å². The van der Waals surface area contributed by atoms with Crippen molar-refractivity contribution in [3.8, 4) is 0 Å². The fraction of sp³-hybridized carbons (Fsp3) is 1.00. The maximum absolute atomic E-state index is 5.47. The van der Waals surface area contributed by atoms with Crippen molar-refractivity contribution in [1.82, 2.24) is 10.6 Å². The van der Waals surface area contributed by atoms with Crippen LogP contribution < -0.4 is 10.6 Å². The molecule has 2 atom stereocenters. The van der Waals surface area contributed by atoms with Crippen LogP contribution in [0.5, 0.6) is 0 Å². The van der Waals surface area contributed by atoms with Gasteiger partial charge >= 0.3 is 0 Å². The van der Waals surface area contributed by atoms with Crippen LogP contribution in [0.2, 0.25) is 0 Å². The summed E-state index contributed by atoms with van der Waals surface area (Å²) < 4.78 is 5.47. The largest absolute Gasteiger partial charge is 0.378 e. The first kappa shape index (κ1) is 8.48. The average molecular weight is 170 g/mol. The third-order valence-electron chi connectivity index (χ3n) is 2.74. The lowest BCUT2D eigenvalue weighted by Crippen LogP contribution is -2.58. The van der Waals surface area contributed by atoms with Gasteiger partial charge in [0.05, 0.1) is 13.2 Å². The van der Waals surface area contributed by atoms with Gasteiger partial charge in [-0.2, -0.15) is 0 Å². The van der Waals surface area contributed by atoms with Gasteiger partial charge in [0.25, 0.3) is 0 Å². The molecule has 0 radical (unpaired) electrons. The van der Waals surface area contributed by atoms with Crippen molar-refractivity contribution in [3.63, 3.8) is 0 Å². The van der Waals surface area contributed by atoms with Gasteiger partial charge in [0.15, 0.2) is 0 Å². The number of hydrogen-bond donors (Lipinski definition) is 2. The maximum atomic E-state index is 5.47. The third-order valence-corrected chi connectivity index (χ3v) is 2.74. The highest BCUT2D eigenvalue weighted by atomic mass is 16.5. The number of nitrogens with one attached hydrogen (secondary N) is 2. The Morgan fingerprint density at radius 3 is 2.58 bits per heavy atom. The van der Waals surface area contributed by atoms with E-state index in [0.29, 0.717) is 12.1 Å². The first-order chi connectivity index (χ1) is 5.88. The van der Waals surface area contributed by atoms with Gasteiger partial charge in [0, 0.05) is 18.1 Å². The summed E-state index contributed by atoms with van der Waals surface area (Å²) in [5.74, 6) is 0. The van der Waals surface area contributed by atoms with Crippen molar-refractivity contribution in [3.05, 3.63) is 0 Å². The Bertz CT molecular complexity index is 139. The zero-order chi connectivity index (χ0) is 8.39. The monoisotopic (exact) mass is 170 g/mol. The summed E-state index contributed by atoms with van der Waals surface area (Å²) >= 11 is 0. The van der Waals surface area contributed by atoms with Crippen molar-refractivity contribution in [2.24, 2.45) is 0 Å². The summed E-state index contributed by atoms with van der Waals surface area (Å²) in [4.78, 5) is 0. The topological polar surface area (TPSA) is 33.3 Å². The molecule has 2 fully saturated rings. The first-order valence-corrected chi connectivity index (χ1v) is 4.95. The molecule has 0 spiro atoms. The molecule has 0 aromatic heterocycles. The van der Waals surface area contributed by atoms with E-state index >= 15 is 0 Å². The standard InChI is InChI=1S/C9H18N2O/c1-2-10-7-3-8-5-12-6-9(4-7)11-8/h7-11H,2-6H2,1H3. The number of ether oxygens (including phenoxy) is 1. The summed E-state index contributed by atoms with van der Waals surface area (Å²) in [5, 5.41) is 7.09. The van der Waals surface area contributed by atoms with E-state index in [2.05, 4.69) is 17.6 Å². The fourth-order valence-electron chi connectivity index (χ4n) is 2.29. The number of hydrogen-bond acceptors (Lipinski definition) is 3. The van der Waals surface area contributed by atoms with Gasteiger partial charge in [-0.1, -0.05) is 6.92 Å². The predicted molar refractivity (Wildman–Crippen MR) is 48.2 cm³/mol. The minimum atomic E-state index is 0.599. The number of rotatable bonds is 2. The fourth-order valence-corrected chi connectivity index (χ4v) is 2.29. The molecule has 2 aliphatic rings. The molecule has 3 nitrogen and oxygen atoms in total. The summed E-state index contributed by atoms with van der Waals surface area (Å²) in [6, 6.07) is 1.92. The van der Waals surface area contributed by atoms with E-state index < -0.39 is 0 Å². The summed E-state index contributed by atoms with van der Waals surface area (Å²) in [7, 11) is 0. The molecule has 2 bridgehead atoms. The van der Waals surface area contributed by atoms with Gasteiger partial charge < -0.3 is 15.4 Å². The summed E-state index contributed by atoms with van der Waals surface area (Å²) in [5.41, 5.74) is 0. The lowest BCUT2D eigenvalue weighted by Gasteiger charge is -2.40. The molecule has 12 heavy (non-hydrogen) atoms. The van der Waals surface area contributed by atoms with Crippen molar-refractivity contribution in [2.45, 2.75) is 37.9 Å². The lowest BCUT2D eigenvalue weighted by molar-refractivity contribution is 0.0150. The molecule has 2 N–H and O–H groups in total. The van der Waals surface area contributed by atoms with Crippen molar-refractivity contribution < 1.29 is 4.74 Å². The van der Waals surface area contributed by atoms with E-state index in [9.17, 15) is 0 Å². The molecule has 0 aromatic carbocycles. The van der Waals surface area contributed by atoms with E-state index in [-0.39, 0.29) is 0 Å². The molecular weight excluding hydrogens is 152 g/mol. The summed E-state index contributed by atoms with van der Waals surface area (Å²) in [6.45, 7) is 5.07. The van der Waals surface area contributed by atoms with Gasteiger partial charge in [-0.05, 0) is 19.4 Å². The second kappa shape index (κ2) is 3.73. The van der Waals surface area contributed by atoms with Gasteiger partial charge in [-0.3, -0.25) is 0 Å². The highest BCUT2D eigenvalue weighted by Gasteiger charge is 2.30. The number of morpholine rings is 1. The SMILES string of the molecule is CCNC1CC2COCC(C1)N2. The van der Waals surface area contributed by atoms with E-state index in [1.807, 2.05) is 0 Å². The Kier molecular flexibility index (Phi) is 2.63. The van der Waals surface area contributed by atoms with Crippen molar-refractivity contribution in [1.29, 1.82) is 0 Å². The zero-order valence-corrected chi connectivity index (χ0v) is 7.68. The van der Waals surface area contributed by atoms with Crippen molar-refractivity contribution in [2.75, 3.05) is 19.8 Å². The molecular formula is C9H18N2O. The van der Waals surface area contributed by atoms with Crippen LogP contribution in [0.4, 0.5) is 0 Å². The van der Waals surface area contributed by atoms with Crippen LogP contribution in [-0.2, 0) is 4.74 Å². The minimum absolute atomic E-state index is 0.599. The highest BCUT2D eigenvalue weighted by molar-refractivity contribution is 4.91. The Morgan fingerprint density at radius 1 is 1.33 bits per heavy atom. The second-order valence-corrected chi connectivity index (χ2v) is 3.82. The Hall–Kier alpha value is -0.120. The van der Waals surface area contributed by atoms with Crippen LogP contribution in [0.15, 0.2) is 0 Å². The minimum Gasteiger partial charge on any atom is -0.378 e. The third kappa shape index (κ3) is 1.79. The molecule has 2 heterocycles. The molecule has 2 aliphatic heterocycles. The van der Waals surface area contributed by atoms with Gasteiger partial charge in [-0.25, -0.2) is 0 Å². The average Bonchev–Trinajstić information content (AvgIpc) is 2.04. The van der Waals surface area contributed by atoms with Crippen LogP contribution in [0, 0.1) is 0 Å². The maximum Gasteiger partial charge on any atom is 0.0621 e. The molecule has 2 unspecified atom stereocenters. The molecule has 0 aromatic rings. The quantitative estimate of drug-likeness (QED) is 0.617. The molecule has 2 rings (SSSR count). The number of fused-ring (bicyclic) bond motifs is 2. The van der Waals surface area contributed by atoms with Crippen LogP contribution in [-0.4, -0.2) is 37.9 Å². The Morgan fingerprint density at radius 2 is 2.00 bits per heavy atom. The van der Waals surface area contributed by atoms with E-state index in [4.69, 9.17) is 4.74 Å². The summed E-state index contributed by atoms with van der Waals surface area (Å²) in [6.07, 6.45) is 2.45. The first-order valence-electron chi connectivity index (χ1n) is 4.95. The number of piperidine rings is 1.